The van der Waals surface area contributed by atoms with Gasteiger partial charge in [0.05, 0.1) is 33.0 Å². The molecule has 30 heavy (non-hydrogen) atoms. The molecule has 0 aromatic heterocycles. The van der Waals surface area contributed by atoms with Crippen molar-refractivity contribution in [1.82, 2.24) is 9.80 Å². The van der Waals surface area contributed by atoms with Crippen LogP contribution in [0.4, 0.5) is 0 Å². The second-order valence-corrected chi connectivity index (χ2v) is 8.85. The first-order valence-electron chi connectivity index (χ1n) is 11.3. The summed E-state index contributed by atoms with van der Waals surface area (Å²) < 4.78 is 24.0. The number of fused-ring (bicyclic) bond motifs is 4. The molecule has 0 N–H and O–H groups in total. The van der Waals surface area contributed by atoms with E-state index in [0.717, 1.165) is 75.5 Å². The molecule has 0 aliphatic carbocycles. The Kier molecular flexibility index (Phi) is 5.60. The van der Waals surface area contributed by atoms with Gasteiger partial charge in [-0.1, -0.05) is 12.1 Å². The van der Waals surface area contributed by atoms with Gasteiger partial charge in [0, 0.05) is 57.1 Å². The van der Waals surface area contributed by atoms with E-state index in [1.807, 2.05) is 17.0 Å². The Bertz CT molecular complexity index is 771. The molecule has 0 saturated carbocycles. The van der Waals surface area contributed by atoms with E-state index in [2.05, 4.69) is 11.0 Å². The van der Waals surface area contributed by atoms with Gasteiger partial charge in [-0.15, -0.1) is 0 Å². The van der Waals surface area contributed by atoms with Gasteiger partial charge in [0.25, 0.3) is 0 Å². The van der Waals surface area contributed by atoms with Gasteiger partial charge >= 0.3 is 0 Å². The van der Waals surface area contributed by atoms with E-state index >= 15 is 0 Å². The van der Waals surface area contributed by atoms with E-state index in [1.165, 1.54) is 0 Å². The summed E-state index contributed by atoms with van der Waals surface area (Å²) in [6.07, 6.45) is 3.88. The number of piperidine rings is 1. The molecule has 1 aromatic rings. The molecule has 1 aromatic carbocycles. The standard InChI is InChI=1S/C23H32N2O5/c1-27-19-6-2-4-17-21-18(5-3-13-29-21)23(30-22(17)19)7-9-25(10-8-23)20(26)16-24-11-14-28-15-12-24/h2,4,6,18,21H,3,5,7-16H2,1H3/t18-,21+/m0/s1. The van der Waals surface area contributed by atoms with Crippen LogP contribution >= 0.6 is 0 Å². The summed E-state index contributed by atoms with van der Waals surface area (Å²) in [7, 11) is 1.69. The van der Waals surface area contributed by atoms with Crippen LogP contribution in [0.15, 0.2) is 18.2 Å². The van der Waals surface area contributed by atoms with Crippen molar-refractivity contribution in [2.24, 2.45) is 5.92 Å². The number of amides is 1. The molecule has 164 valence electrons. The Morgan fingerprint density at radius 3 is 2.73 bits per heavy atom. The van der Waals surface area contributed by atoms with Crippen LogP contribution in [-0.2, 0) is 14.3 Å². The van der Waals surface area contributed by atoms with Gasteiger partial charge in [-0.05, 0) is 18.9 Å². The zero-order valence-electron chi connectivity index (χ0n) is 17.8. The maximum Gasteiger partial charge on any atom is 0.236 e. The summed E-state index contributed by atoms with van der Waals surface area (Å²) in [5.41, 5.74) is 0.818. The van der Waals surface area contributed by atoms with Gasteiger partial charge in [0.2, 0.25) is 5.91 Å². The zero-order chi connectivity index (χ0) is 20.6. The van der Waals surface area contributed by atoms with Gasteiger partial charge in [-0.2, -0.15) is 0 Å². The molecule has 0 unspecified atom stereocenters. The SMILES string of the molecule is COc1cccc2c1OC1(CCN(C(=O)CN3CCOCC3)CC1)[C@H]1CCCO[C@H]21. The summed E-state index contributed by atoms with van der Waals surface area (Å²) in [6, 6.07) is 6.08. The molecular formula is C23H32N2O5. The molecule has 4 aliphatic heterocycles. The Hall–Kier alpha value is -1.83. The largest absolute Gasteiger partial charge is 0.493 e. The van der Waals surface area contributed by atoms with Crippen molar-refractivity contribution in [3.63, 3.8) is 0 Å². The molecule has 4 aliphatic rings. The van der Waals surface area contributed by atoms with Crippen LogP contribution in [0.5, 0.6) is 11.5 Å². The molecule has 3 fully saturated rings. The zero-order valence-corrected chi connectivity index (χ0v) is 17.8. The molecule has 1 amide bonds. The lowest BCUT2D eigenvalue weighted by Crippen LogP contribution is -2.58. The third kappa shape index (κ3) is 3.57. The number of para-hydroxylation sites is 1. The van der Waals surface area contributed by atoms with Crippen LogP contribution in [0, 0.1) is 5.92 Å². The highest BCUT2D eigenvalue weighted by molar-refractivity contribution is 5.78. The molecular weight excluding hydrogens is 384 g/mol. The average molecular weight is 417 g/mol. The molecule has 1 spiro atoms. The number of methoxy groups -OCH3 is 1. The van der Waals surface area contributed by atoms with Crippen LogP contribution in [0.25, 0.3) is 0 Å². The van der Waals surface area contributed by atoms with Gasteiger partial charge in [0.15, 0.2) is 11.5 Å². The molecule has 5 rings (SSSR count). The number of carbonyl (C=O) groups excluding carboxylic acids is 1. The number of carbonyl (C=O) groups is 1. The van der Waals surface area contributed by atoms with Crippen molar-refractivity contribution in [1.29, 1.82) is 0 Å². The second-order valence-electron chi connectivity index (χ2n) is 8.85. The van der Waals surface area contributed by atoms with Gasteiger partial charge < -0.3 is 23.8 Å². The van der Waals surface area contributed by atoms with Gasteiger partial charge in [-0.3, -0.25) is 9.69 Å². The van der Waals surface area contributed by atoms with Crippen molar-refractivity contribution in [3.8, 4) is 11.5 Å². The minimum absolute atomic E-state index is 0.0493. The highest BCUT2D eigenvalue weighted by Crippen LogP contribution is 2.55. The van der Waals surface area contributed by atoms with Crippen molar-refractivity contribution in [3.05, 3.63) is 23.8 Å². The summed E-state index contributed by atoms with van der Waals surface area (Å²) in [5.74, 6) is 2.14. The highest BCUT2D eigenvalue weighted by atomic mass is 16.5. The highest BCUT2D eigenvalue weighted by Gasteiger charge is 2.53. The first kappa shape index (κ1) is 20.1. The minimum atomic E-state index is -0.289. The first-order chi connectivity index (χ1) is 14.7. The quantitative estimate of drug-likeness (QED) is 0.753. The second kappa shape index (κ2) is 8.36. The number of ether oxygens (including phenoxy) is 4. The van der Waals surface area contributed by atoms with Crippen molar-refractivity contribution < 1.29 is 23.7 Å². The number of hydrogen-bond acceptors (Lipinski definition) is 6. The fourth-order valence-electron chi connectivity index (χ4n) is 5.59. The van der Waals surface area contributed by atoms with E-state index in [4.69, 9.17) is 18.9 Å². The summed E-state index contributed by atoms with van der Waals surface area (Å²) in [5, 5.41) is 0. The number of likely N-dealkylation sites (tertiary alicyclic amines) is 1. The molecule has 2 atom stereocenters. The Balaban J connectivity index is 1.32. The number of rotatable bonds is 3. The lowest BCUT2D eigenvalue weighted by Gasteiger charge is -2.53. The van der Waals surface area contributed by atoms with Crippen LogP contribution in [0.1, 0.15) is 37.4 Å². The smallest absolute Gasteiger partial charge is 0.236 e. The number of hydrogen-bond donors (Lipinski definition) is 0. The maximum atomic E-state index is 12.9. The van der Waals surface area contributed by atoms with E-state index in [1.54, 1.807) is 7.11 Å². The molecule has 4 heterocycles. The molecule has 7 heteroatoms. The normalized spacial score (nSPS) is 28.4. The van der Waals surface area contributed by atoms with Crippen LogP contribution in [0.2, 0.25) is 0 Å². The topological polar surface area (TPSA) is 60.5 Å². The van der Waals surface area contributed by atoms with Gasteiger partial charge in [-0.25, -0.2) is 0 Å². The molecule has 0 bridgehead atoms. The monoisotopic (exact) mass is 416 g/mol. The predicted molar refractivity (Wildman–Crippen MR) is 111 cm³/mol. The maximum absolute atomic E-state index is 12.9. The lowest BCUT2D eigenvalue weighted by molar-refractivity contribution is -0.158. The van der Waals surface area contributed by atoms with E-state index < -0.39 is 0 Å². The van der Waals surface area contributed by atoms with E-state index in [-0.39, 0.29) is 17.6 Å². The van der Waals surface area contributed by atoms with Crippen LogP contribution in [0.3, 0.4) is 0 Å². The van der Waals surface area contributed by atoms with Gasteiger partial charge in [0.1, 0.15) is 5.60 Å². The average Bonchev–Trinajstić information content (AvgIpc) is 2.80. The number of morpholine rings is 1. The Morgan fingerprint density at radius 1 is 1.17 bits per heavy atom. The van der Waals surface area contributed by atoms with Crippen molar-refractivity contribution in [2.75, 3.05) is 59.7 Å². The predicted octanol–water partition coefficient (Wildman–Crippen LogP) is 2.25. The van der Waals surface area contributed by atoms with E-state index in [0.29, 0.717) is 25.7 Å². The van der Waals surface area contributed by atoms with E-state index in [9.17, 15) is 4.79 Å². The Morgan fingerprint density at radius 2 is 1.97 bits per heavy atom. The Labute approximate surface area is 178 Å². The summed E-state index contributed by atoms with van der Waals surface area (Å²) >= 11 is 0. The third-order valence-electron chi connectivity index (χ3n) is 7.26. The fourth-order valence-corrected chi connectivity index (χ4v) is 5.59. The molecule has 7 nitrogen and oxygen atoms in total. The summed E-state index contributed by atoms with van der Waals surface area (Å²) in [4.78, 5) is 17.1. The van der Waals surface area contributed by atoms with Crippen molar-refractivity contribution >= 4 is 5.91 Å². The van der Waals surface area contributed by atoms with Crippen LogP contribution < -0.4 is 9.47 Å². The van der Waals surface area contributed by atoms with Crippen molar-refractivity contribution in [2.45, 2.75) is 37.4 Å². The fraction of sp³-hybridized carbons (Fsp3) is 0.696. The molecule has 0 radical (unpaired) electrons. The summed E-state index contributed by atoms with van der Waals surface area (Å²) in [6.45, 7) is 5.85. The number of nitrogens with zero attached hydrogens (tertiary/aromatic N) is 2. The minimum Gasteiger partial charge on any atom is -0.493 e. The first-order valence-corrected chi connectivity index (χ1v) is 11.3. The molecule has 3 saturated heterocycles. The lowest BCUT2D eigenvalue weighted by atomic mass is 9.70. The number of benzene rings is 1. The third-order valence-corrected chi connectivity index (χ3v) is 7.26. The van der Waals surface area contributed by atoms with Crippen LogP contribution in [-0.4, -0.2) is 81.0 Å².